The molecular formula is C11H11N3O4. The number of ether oxygens (including phenoxy) is 1. The molecule has 1 aromatic carbocycles. The number of carbonyl (C=O) groups is 1. The first-order valence-electron chi connectivity index (χ1n) is 5.07. The van der Waals surface area contributed by atoms with Crippen molar-refractivity contribution in [2.45, 2.75) is 6.42 Å². The minimum atomic E-state index is -0.620. The van der Waals surface area contributed by atoms with Gasteiger partial charge in [0, 0.05) is 18.2 Å². The van der Waals surface area contributed by atoms with Gasteiger partial charge in [0.1, 0.15) is 0 Å². The molecule has 0 aliphatic heterocycles. The molecule has 0 radical (unpaired) electrons. The number of amides is 1. The molecule has 0 saturated carbocycles. The van der Waals surface area contributed by atoms with E-state index in [1.165, 1.54) is 19.2 Å². The molecule has 1 N–H and O–H groups in total. The van der Waals surface area contributed by atoms with Crippen LogP contribution in [-0.4, -0.2) is 24.5 Å². The fraction of sp³-hybridized carbons (Fsp3) is 0.273. The molecule has 0 aliphatic rings. The second kappa shape index (κ2) is 6.20. The summed E-state index contributed by atoms with van der Waals surface area (Å²) < 4.78 is 4.82. The third-order valence-corrected chi connectivity index (χ3v) is 2.16. The lowest BCUT2D eigenvalue weighted by Gasteiger charge is -2.05. The Morgan fingerprint density at radius 3 is 2.89 bits per heavy atom. The average molecular weight is 249 g/mol. The van der Waals surface area contributed by atoms with Crippen LogP contribution in [0, 0.1) is 21.4 Å². The van der Waals surface area contributed by atoms with Crippen molar-refractivity contribution in [3.05, 3.63) is 33.9 Å². The highest BCUT2D eigenvalue weighted by molar-refractivity contribution is 5.95. The molecule has 1 amide bonds. The first kappa shape index (κ1) is 13.4. The van der Waals surface area contributed by atoms with Crippen LogP contribution in [-0.2, 0) is 0 Å². The van der Waals surface area contributed by atoms with Crippen molar-refractivity contribution in [3.63, 3.8) is 0 Å². The number of methoxy groups -OCH3 is 1. The van der Waals surface area contributed by atoms with E-state index in [9.17, 15) is 14.9 Å². The summed E-state index contributed by atoms with van der Waals surface area (Å²) in [7, 11) is 1.31. The first-order chi connectivity index (χ1) is 8.60. The molecule has 0 aliphatic carbocycles. The molecule has 7 nitrogen and oxygen atoms in total. The van der Waals surface area contributed by atoms with Gasteiger partial charge >= 0.3 is 5.69 Å². The van der Waals surface area contributed by atoms with Crippen LogP contribution in [0.5, 0.6) is 5.75 Å². The summed E-state index contributed by atoms with van der Waals surface area (Å²) in [5.74, 6) is -0.371. The molecule has 0 unspecified atom stereocenters. The number of hydrogen-bond donors (Lipinski definition) is 1. The van der Waals surface area contributed by atoms with Gasteiger partial charge in [0.05, 0.1) is 24.5 Å². The Morgan fingerprint density at radius 2 is 2.33 bits per heavy atom. The summed E-state index contributed by atoms with van der Waals surface area (Å²) in [5, 5.41) is 21.6. The van der Waals surface area contributed by atoms with Crippen molar-refractivity contribution in [2.24, 2.45) is 0 Å². The van der Waals surface area contributed by atoms with Crippen molar-refractivity contribution in [2.75, 3.05) is 13.7 Å². The lowest BCUT2D eigenvalue weighted by Crippen LogP contribution is -2.24. The van der Waals surface area contributed by atoms with Gasteiger partial charge in [-0.15, -0.1) is 0 Å². The van der Waals surface area contributed by atoms with Gasteiger partial charge in [-0.25, -0.2) is 0 Å². The number of hydrogen-bond acceptors (Lipinski definition) is 5. The van der Waals surface area contributed by atoms with E-state index in [-0.39, 0.29) is 30.0 Å². The second-order valence-electron chi connectivity index (χ2n) is 3.31. The molecule has 0 bridgehead atoms. The van der Waals surface area contributed by atoms with E-state index in [0.717, 1.165) is 6.07 Å². The van der Waals surface area contributed by atoms with E-state index in [2.05, 4.69) is 5.32 Å². The maximum Gasteiger partial charge on any atom is 0.311 e. The Hall–Kier alpha value is -2.62. The largest absolute Gasteiger partial charge is 0.490 e. The van der Waals surface area contributed by atoms with Crippen LogP contribution in [0.2, 0.25) is 0 Å². The fourth-order valence-electron chi connectivity index (χ4n) is 1.31. The second-order valence-corrected chi connectivity index (χ2v) is 3.31. The number of benzene rings is 1. The van der Waals surface area contributed by atoms with Gasteiger partial charge in [-0.1, -0.05) is 0 Å². The summed E-state index contributed by atoms with van der Waals surface area (Å²) in [6.45, 7) is 0.204. The predicted molar refractivity (Wildman–Crippen MR) is 62.2 cm³/mol. The number of carbonyl (C=O) groups excluding carboxylic acids is 1. The fourth-order valence-corrected chi connectivity index (χ4v) is 1.31. The van der Waals surface area contributed by atoms with Gasteiger partial charge in [-0.05, 0) is 12.1 Å². The van der Waals surface area contributed by atoms with E-state index in [1.54, 1.807) is 0 Å². The zero-order chi connectivity index (χ0) is 13.5. The number of nitrogens with one attached hydrogen (secondary N) is 1. The van der Waals surface area contributed by atoms with Crippen molar-refractivity contribution >= 4 is 11.6 Å². The van der Waals surface area contributed by atoms with E-state index >= 15 is 0 Å². The monoisotopic (exact) mass is 249 g/mol. The molecule has 0 heterocycles. The highest BCUT2D eigenvalue weighted by Crippen LogP contribution is 2.27. The standard InChI is InChI=1S/C11H11N3O4/c1-18-10-4-3-8(7-9(10)14(16)17)11(15)13-6-2-5-12/h3-4,7H,2,6H2,1H3,(H,13,15). The number of nitrogens with zero attached hydrogens (tertiary/aromatic N) is 2. The summed E-state index contributed by atoms with van der Waals surface area (Å²) in [6, 6.07) is 5.80. The van der Waals surface area contributed by atoms with Crippen LogP contribution in [0.15, 0.2) is 18.2 Å². The van der Waals surface area contributed by atoms with Crippen molar-refractivity contribution < 1.29 is 14.5 Å². The summed E-state index contributed by atoms with van der Waals surface area (Å²) in [6.07, 6.45) is 0.185. The zero-order valence-electron chi connectivity index (χ0n) is 9.67. The SMILES string of the molecule is COc1ccc(C(=O)NCCC#N)cc1[N+](=O)[O-]. The zero-order valence-corrected chi connectivity index (χ0v) is 9.67. The highest BCUT2D eigenvalue weighted by atomic mass is 16.6. The Labute approximate surface area is 103 Å². The van der Waals surface area contributed by atoms with Crippen LogP contribution in [0.4, 0.5) is 5.69 Å². The lowest BCUT2D eigenvalue weighted by molar-refractivity contribution is -0.385. The van der Waals surface area contributed by atoms with Crippen LogP contribution in [0.1, 0.15) is 16.8 Å². The van der Waals surface area contributed by atoms with Gasteiger partial charge in [-0.3, -0.25) is 14.9 Å². The molecule has 7 heteroatoms. The predicted octanol–water partition coefficient (Wildman–Crippen LogP) is 1.25. The van der Waals surface area contributed by atoms with Gasteiger partial charge in [0.2, 0.25) is 0 Å². The molecule has 0 aromatic heterocycles. The van der Waals surface area contributed by atoms with Gasteiger partial charge < -0.3 is 10.1 Å². The van der Waals surface area contributed by atoms with E-state index in [4.69, 9.17) is 10.00 Å². The normalized spacial score (nSPS) is 9.33. The molecule has 1 rings (SSSR count). The molecule has 1 aromatic rings. The van der Waals surface area contributed by atoms with Crippen molar-refractivity contribution in [1.82, 2.24) is 5.32 Å². The molecule has 18 heavy (non-hydrogen) atoms. The van der Waals surface area contributed by atoms with Gasteiger partial charge in [0.25, 0.3) is 5.91 Å². The van der Waals surface area contributed by atoms with E-state index in [0.29, 0.717) is 0 Å². The summed E-state index contributed by atoms with van der Waals surface area (Å²) in [4.78, 5) is 21.8. The maximum absolute atomic E-state index is 11.6. The van der Waals surface area contributed by atoms with Crippen LogP contribution in [0.25, 0.3) is 0 Å². The quantitative estimate of drug-likeness (QED) is 0.480. The van der Waals surface area contributed by atoms with Crippen LogP contribution < -0.4 is 10.1 Å². The third kappa shape index (κ3) is 3.18. The Kier molecular flexibility index (Phi) is 4.63. The summed E-state index contributed by atoms with van der Waals surface area (Å²) >= 11 is 0. The Morgan fingerprint density at radius 1 is 1.61 bits per heavy atom. The molecule has 0 saturated heterocycles. The Bertz CT molecular complexity index is 508. The van der Waals surface area contributed by atoms with Gasteiger partial charge in [-0.2, -0.15) is 5.26 Å². The topological polar surface area (TPSA) is 105 Å². The smallest absolute Gasteiger partial charge is 0.311 e. The molecule has 0 fully saturated rings. The highest BCUT2D eigenvalue weighted by Gasteiger charge is 2.17. The Balaban J connectivity index is 2.91. The number of nitriles is 1. The number of nitro groups is 1. The third-order valence-electron chi connectivity index (χ3n) is 2.16. The minimum absolute atomic E-state index is 0.0913. The lowest BCUT2D eigenvalue weighted by atomic mass is 10.1. The summed E-state index contributed by atoms with van der Waals surface area (Å²) in [5.41, 5.74) is -0.120. The van der Waals surface area contributed by atoms with E-state index < -0.39 is 10.8 Å². The average Bonchev–Trinajstić information content (AvgIpc) is 2.38. The minimum Gasteiger partial charge on any atom is -0.490 e. The molecule has 94 valence electrons. The molecular weight excluding hydrogens is 238 g/mol. The van der Waals surface area contributed by atoms with E-state index in [1.807, 2.05) is 6.07 Å². The number of rotatable bonds is 5. The first-order valence-corrected chi connectivity index (χ1v) is 5.07. The van der Waals surface area contributed by atoms with Gasteiger partial charge in [0.15, 0.2) is 5.75 Å². The molecule has 0 atom stereocenters. The number of nitro benzene ring substituents is 1. The molecule has 0 spiro atoms. The van der Waals surface area contributed by atoms with Crippen molar-refractivity contribution in [3.8, 4) is 11.8 Å². The van der Waals surface area contributed by atoms with Crippen LogP contribution in [0.3, 0.4) is 0 Å². The maximum atomic E-state index is 11.6. The van der Waals surface area contributed by atoms with Crippen LogP contribution >= 0.6 is 0 Å². The van der Waals surface area contributed by atoms with Crippen molar-refractivity contribution in [1.29, 1.82) is 5.26 Å².